The topological polar surface area (TPSA) is 127 Å². The lowest BCUT2D eigenvalue weighted by atomic mass is 9.38. The van der Waals surface area contributed by atoms with Crippen LogP contribution in [0.2, 0.25) is 0 Å². The number of aliphatic hydroxyl groups excluding tert-OH is 5. The summed E-state index contributed by atoms with van der Waals surface area (Å²) >= 11 is 0. The maximum Gasteiger partial charge on any atom is 0.310 e. The van der Waals surface area contributed by atoms with Crippen LogP contribution in [0.3, 0.4) is 0 Å². The lowest BCUT2D eigenvalue weighted by molar-refractivity contribution is -0.283. The number of rotatable bonds is 0. The molecule has 4 rings (SSSR count). The number of hydrogen-bond acceptors (Lipinski definition) is 7. The average Bonchev–Trinajstić information content (AvgIpc) is 2.81. The fraction of sp³-hybridized carbons (Fsp3) is 0.842. The zero-order valence-corrected chi connectivity index (χ0v) is 15.2. The van der Waals surface area contributed by atoms with Crippen molar-refractivity contribution < 1.29 is 35.1 Å². The average molecular weight is 368 g/mol. The zero-order valence-electron chi connectivity index (χ0n) is 15.2. The molecule has 0 unspecified atom stereocenters. The maximum atomic E-state index is 12.6. The third-order valence-electron chi connectivity index (χ3n) is 8.11. The second-order valence-electron chi connectivity index (χ2n) is 9.23. The summed E-state index contributed by atoms with van der Waals surface area (Å²) in [5.41, 5.74) is -1.58. The molecule has 146 valence electrons. The molecule has 3 saturated carbocycles. The minimum Gasteiger partial charge on any atom is -0.459 e. The predicted molar refractivity (Wildman–Crippen MR) is 89.5 cm³/mol. The minimum absolute atomic E-state index is 0.126. The lowest BCUT2D eigenvalue weighted by Crippen LogP contribution is -2.75. The molecule has 0 aromatic heterocycles. The van der Waals surface area contributed by atoms with Gasteiger partial charge in [-0.25, -0.2) is 0 Å². The Labute approximate surface area is 152 Å². The van der Waals surface area contributed by atoms with E-state index < -0.39 is 77.1 Å². The van der Waals surface area contributed by atoms with Gasteiger partial charge in [-0.05, 0) is 12.3 Å². The van der Waals surface area contributed by atoms with Crippen molar-refractivity contribution >= 4 is 5.97 Å². The SMILES string of the molecule is C=C1C[C@H](O)[C@@H](O)[C@]2(C)[C@H]3[C@@H](O)[C@H](O)[C@H](C)[C@H]4C(=O)O[C@H]([C@H](O)[C@H]12)[C@]34C. The summed E-state index contributed by atoms with van der Waals surface area (Å²) in [5.74, 6) is -3.17. The van der Waals surface area contributed by atoms with Crippen LogP contribution in [0.5, 0.6) is 0 Å². The van der Waals surface area contributed by atoms with Crippen molar-refractivity contribution in [3.05, 3.63) is 12.2 Å². The van der Waals surface area contributed by atoms with Crippen molar-refractivity contribution in [1.29, 1.82) is 0 Å². The Hall–Kier alpha value is -0.990. The van der Waals surface area contributed by atoms with Crippen LogP contribution in [0.4, 0.5) is 0 Å². The van der Waals surface area contributed by atoms with E-state index in [9.17, 15) is 30.3 Å². The monoisotopic (exact) mass is 368 g/mol. The third-order valence-corrected chi connectivity index (χ3v) is 8.11. The Morgan fingerprint density at radius 3 is 2.23 bits per heavy atom. The highest BCUT2D eigenvalue weighted by molar-refractivity contribution is 5.77. The second kappa shape index (κ2) is 5.29. The first-order valence-electron chi connectivity index (χ1n) is 9.27. The quantitative estimate of drug-likeness (QED) is 0.280. The van der Waals surface area contributed by atoms with Crippen LogP contribution >= 0.6 is 0 Å². The summed E-state index contributed by atoms with van der Waals surface area (Å²) in [5, 5.41) is 54.1. The molecule has 0 aromatic rings. The van der Waals surface area contributed by atoms with Gasteiger partial charge in [0, 0.05) is 22.7 Å². The highest BCUT2D eigenvalue weighted by atomic mass is 16.6. The smallest absolute Gasteiger partial charge is 0.310 e. The lowest BCUT2D eigenvalue weighted by Gasteiger charge is -2.66. The highest BCUT2D eigenvalue weighted by Gasteiger charge is 2.77. The molecule has 7 heteroatoms. The van der Waals surface area contributed by atoms with E-state index in [-0.39, 0.29) is 6.42 Å². The summed E-state index contributed by atoms with van der Waals surface area (Å²) in [6.45, 7) is 9.16. The van der Waals surface area contributed by atoms with Gasteiger partial charge in [0.2, 0.25) is 0 Å². The summed E-state index contributed by atoms with van der Waals surface area (Å²) in [6, 6.07) is 0. The van der Waals surface area contributed by atoms with Gasteiger partial charge < -0.3 is 30.3 Å². The molecule has 0 spiro atoms. The van der Waals surface area contributed by atoms with Crippen molar-refractivity contribution in [1.82, 2.24) is 0 Å². The summed E-state index contributed by atoms with van der Waals surface area (Å²) < 4.78 is 5.57. The second-order valence-corrected chi connectivity index (χ2v) is 9.23. The fourth-order valence-electron chi connectivity index (χ4n) is 7.16. The van der Waals surface area contributed by atoms with Crippen molar-refractivity contribution in [2.24, 2.45) is 34.5 Å². The maximum absolute atomic E-state index is 12.6. The highest BCUT2D eigenvalue weighted by Crippen LogP contribution is 2.69. The van der Waals surface area contributed by atoms with Gasteiger partial charge in [0.1, 0.15) is 6.10 Å². The number of carbonyl (C=O) groups is 1. The van der Waals surface area contributed by atoms with E-state index in [1.165, 1.54) is 0 Å². The number of aliphatic hydroxyl groups is 5. The van der Waals surface area contributed by atoms with E-state index >= 15 is 0 Å². The number of ether oxygens (including phenoxy) is 1. The van der Waals surface area contributed by atoms with Gasteiger partial charge in [-0.3, -0.25) is 4.79 Å². The van der Waals surface area contributed by atoms with Crippen molar-refractivity contribution in [3.63, 3.8) is 0 Å². The number of esters is 1. The molecular formula is C19H28O7. The van der Waals surface area contributed by atoms with Crippen LogP contribution in [0.15, 0.2) is 12.2 Å². The van der Waals surface area contributed by atoms with Gasteiger partial charge >= 0.3 is 5.97 Å². The van der Waals surface area contributed by atoms with Gasteiger partial charge in [0.15, 0.2) is 0 Å². The normalized spacial score (nSPS) is 61.7. The van der Waals surface area contributed by atoms with Crippen molar-refractivity contribution in [2.75, 3.05) is 0 Å². The molecule has 26 heavy (non-hydrogen) atoms. The largest absolute Gasteiger partial charge is 0.459 e. The molecular weight excluding hydrogens is 340 g/mol. The van der Waals surface area contributed by atoms with E-state index in [2.05, 4.69) is 6.58 Å². The molecule has 4 aliphatic rings. The molecule has 0 bridgehead atoms. The molecule has 3 aliphatic carbocycles. The van der Waals surface area contributed by atoms with Crippen molar-refractivity contribution in [2.45, 2.75) is 63.8 Å². The summed E-state index contributed by atoms with van der Waals surface area (Å²) in [7, 11) is 0. The Bertz CT molecular complexity index is 664. The first-order chi connectivity index (χ1) is 12.0. The molecule has 1 aliphatic heterocycles. The van der Waals surface area contributed by atoms with Crippen LogP contribution in [0.25, 0.3) is 0 Å². The van der Waals surface area contributed by atoms with Gasteiger partial charge in [0.25, 0.3) is 0 Å². The first-order valence-corrected chi connectivity index (χ1v) is 9.27. The van der Waals surface area contributed by atoms with Crippen molar-refractivity contribution in [3.8, 4) is 0 Å². The first kappa shape index (κ1) is 18.4. The molecule has 1 saturated heterocycles. The molecule has 5 N–H and O–H groups in total. The van der Waals surface area contributed by atoms with Gasteiger partial charge in [0.05, 0.1) is 36.4 Å². The van der Waals surface area contributed by atoms with E-state index in [0.717, 1.165) is 0 Å². The number of fused-ring (bicyclic) bond motifs is 2. The van der Waals surface area contributed by atoms with E-state index in [1.54, 1.807) is 20.8 Å². The Balaban J connectivity index is 1.97. The minimum atomic E-state index is -1.23. The fourth-order valence-corrected chi connectivity index (χ4v) is 7.16. The van der Waals surface area contributed by atoms with Gasteiger partial charge in [-0.2, -0.15) is 0 Å². The molecule has 4 fully saturated rings. The standard InChI is InChI=1S/C19H28O7/c1-6-5-8(20)15(24)18(3)9(6)12(22)16-19(4)10(17(25)26-16)7(2)11(21)13(23)14(18)19/h7-16,20-24H,1,5H2,2-4H3/t7-,8+,9+,10+,11-,12-,13+,14-,15-,16-,18+,19+/m1/s1. The zero-order chi connectivity index (χ0) is 19.3. The van der Waals surface area contributed by atoms with Gasteiger partial charge in [-0.15, -0.1) is 0 Å². The summed E-state index contributed by atoms with van der Waals surface area (Å²) in [6.07, 6.45) is -6.54. The molecule has 0 radical (unpaired) electrons. The van der Waals surface area contributed by atoms with Gasteiger partial charge in [-0.1, -0.05) is 32.9 Å². The molecule has 0 amide bonds. The molecule has 12 atom stereocenters. The molecule has 0 aromatic carbocycles. The van der Waals surface area contributed by atoms with Crippen LogP contribution < -0.4 is 0 Å². The summed E-state index contributed by atoms with van der Waals surface area (Å²) in [4.78, 5) is 12.6. The number of hydrogen-bond donors (Lipinski definition) is 5. The number of carbonyl (C=O) groups excluding carboxylic acids is 1. The molecule has 7 nitrogen and oxygen atoms in total. The van der Waals surface area contributed by atoms with Crippen LogP contribution in [0.1, 0.15) is 27.2 Å². The third kappa shape index (κ3) is 1.79. The Morgan fingerprint density at radius 1 is 1.00 bits per heavy atom. The molecule has 1 heterocycles. The van der Waals surface area contributed by atoms with E-state index in [4.69, 9.17) is 4.74 Å². The predicted octanol–water partition coefficient (Wildman–Crippen LogP) is -0.799. The van der Waals surface area contributed by atoms with Crippen LogP contribution in [0, 0.1) is 34.5 Å². The van der Waals surface area contributed by atoms with Crippen LogP contribution in [-0.4, -0.2) is 68.1 Å². The van der Waals surface area contributed by atoms with Crippen LogP contribution in [-0.2, 0) is 9.53 Å². The Kier molecular flexibility index (Phi) is 3.74. The van der Waals surface area contributed by atoms with E-state index in [1.807, 2.05) is 0 Å². The van der Waals surface area contributed by atoms with E-state index in [0.29, 0.717) is 5.57 Å². The Morgan fingerprint density at radius 2 is 1.62 bits per heavy atom.